The molecule has 0 saturated heterocycles. The fourth-order valence-corrected chi connectivity index (χ4v) is 1.66. The summed E-state index contributed by atoms with van der Waals surface area (Å²) in [5.74, 6) is 0.304. The summed E-state index contributed by atoms with van der Waals surface area (Å²) in [5.41, 5.74) is 6.21. The molecule has 1 atom stereocenters. The van der Waals surface area contributed by atoms with E-state index in [4.69, 9.17) is 10.5 Å². The molecular formula is C13H20N2O2. The van der Waals surface area contributed by atoms with Gasteiger partial charge in [-0.3, -0.25) is 10.1 Å². The Hall–Kier alpha value is -1.55. The first-order valence-electron chi connectivity index (χ1n) is 5.83. The normalized spacial score (nSPS) is 12.5. The van der Waals surface area contributed by atoms with E-state index >= 15 is 0 Å². The van der Waals surface area contributed by atoms with Crippen LogP contribution in [-0.4, -0.2) is 18.6 Å². The Bertz CT molecular complexity index is 377. The quantitative estimate of drug-likeness (QED) is 0.788. The first-order valence-corrected chi connectivity index (χ1v) is 5.83. The average molecular weight is 236 g/mol. The van der Waals surface area contributed by atoms with E-state index in [1.54, 1.807) is 0 Å². The lowest BCUT2D eigenvalue weighted by atomic mass is 10.0. The highest BCUT2D eigenvalue weighted by molar-refractivity contribution is 5.82. The zero-order chi connectivity index (χ0) is 12.8. The van der Waals surface area contributed by atoms with Crippen LogP contribution < -0.4 is 15.8 Å². The summed E-state index contributed by atoms with van der Waals surface area (Å²) < 4.78 is 5.50. The lowest BCUT2D eigenvalue weighted by Gasteiger charge is -2.21. The van der Waals surface area contributed by atoms with Gasteiger partial charge in [0.15, 0.2) is 0 Å². The van der Waals surface area contributed by atoms with Crippen LogP contribution in [0.3, 0.4) is 0 Å². The highest BCUT2D eigenvalue weighted by Crippen LogP contribution is 2.25. The van der Waals surface area contributed by atoms with Crippen LogP contribution in [0.5, 0.6) is 5.75 Å². The van der Waals surface area contributed by atoms with Crippen molar-refractivity contribution in [2.45, 2.75) is 32.9 Å². The van der Waals surface area contributed by atoms with Crippen LogP contribution in [0.2, 0.25) is 0 Å². The predicted octanol–water partition coefficient (Wildman–Crippen LogP) is 1.61. The molecule has 0 fully saturated rings. The molecule has 0 bridgehead atoms. The second-order valence-corrected chi connectivity index (χ2v) is 4.13. The minimum absolute atomic E-state index is 0.169. The lowest BCUT2D eigenvalue weighted by molar-refractivity contribution is -0.120. The van der Waals surface area contributed by atoms with Crippen LogP contribution in [0.1, 0.15) is 32.4 Å². The molecule has 1 aromatic carbocycles. The molecule has 0 aliphatic heterocycles. The van der Waals surface area contributed by atoms with Crippen LogP contribution in [0, 0.1) is 0 Å². The van der Waals surface area contributed by atoms with Crippen LogP contribution in [0.15, 0.2) is 24.3 Å². The summed E-state index contributed by atoms with van der Waals surface area (Å²) in [6.45, 7) is 6.41. The SMILES string of the molecule is CCOc1ccccc1C(NC(C)C)C(N)=O. The molecule has 0 heterocycles. The van der Waals surface area contributed by atoms with E-state index in [1.165, 1.54) is 0 Å². The summed E-state index contributed by atoms with van der Waals surface area (Å²) in [6.07, 6.45) is 0. The molecule has 0 radical (unpaired) electrons. The minimum Gasteiger partial charge on any atom is -0.494 e. The summed E-state index contributed by atoms with van der Waals surface area (Å²) in [6, 6.07) is 7.10. The molecule has 17 heavy (non-hydrogen) atoms. The van der Waals surface area contributed by atoms with Crippen molar-refractivity contribution < 1.29 is 9.53 Å². The highest BCUT2D eigenvalue weighted by atomic mass is 16.5. The number of nitrogens with one attached hydrogen (secondary N) is 1. The molecule has 4 nitrogen and oxygen atoms in total. The summed E-state index contributed by atoms with van der Waals surface area (Å²) in [4.78, 5) is 11.5. The molecule has 3 N–H and O–H groups in total. The molecule has 1 unspecified atom stereocenters. The van der Waals surface area contributed by atoms with Crippen LogP contribution in [0.4, 0.5) is 0 Å². The third-order valence-corrected chi connectivity index (χ3v) is 2.31. The Morgan fingerprint density at radius 2 is 2.06 bits per heavy atom. The number of hydrogen-bond donors (Lipinski definition) is 2. The van der Waals surface area contributed by atoms with Gasteiger partial charge in [-0.25, -0.2) is 0 Å². The van der Waals surface area contributed by atoms with E-state index in [1.807, 2.05) is 45.0 Å². The Morgan fingerprint density at radius 3 is 2.59 bits per heavy atom. The van der Waals surface area contributed by atoms with E-state index in [0.29, 0.717) is 12.4 Å². The highest BCUT2D eigenvalue weighted by Gasteiger charge is 2.21. The number of hydrogen-bond acceptors (Lipinski definition) is 3. The Balaban J connectivity index is 3.04. The number of benzene rings is 1. The summed E-state index contributed by atoms with van der Waals surface area (Å²) >= 11 is 0. The zero-order valence-corrected chi connectivity index (χ0v) is 10.6. The monoisotopic (exact) mass is 236 g/mol. The Labute approximate surface area is 102 Å². The van der Waals surface area contributed by atoms with Gasteiger partial charge < -0.3 is 10.5 Å². The van der Waals surface area contributed by atoms with E-state index in [0.717, 1.165) is 5.56 Å². The van der Waals surface area contributed by atoms with Gasteiger partial charge in [0, 0.05) is 11.6 Å². The summed E-state index contributed by atoms with van der Waals surface area (Å²) in [7, 11) is 0. The third-order valence-electron chi connectivity index (χ3n) is 2.31. The van der Waals surface area contributed by atoms with Crippen molar-refractivity contribution in [1.29, 1.82) is 0 Å². The van der Waals surface area contributed by atoms with E-state index < -0.39 is 11.9 Å². The maximum Gasteiger partial charge on any atom is 0.239 e. The van der Waals surface area contributed by atoms with Crippen molar-refractivity contribution in [1.82, 2.24) is 5.32 Å². The number of carbonyl (C=O) groups excluding carboxylic acids is 1. The molecule has 0 spiro atoms. The maximum atomic E-state index is 11.5. The number of ether oxygens (including phenoxy) is 1. The van der Waals surface area contributed by atoms with E-state index in [9.17, 15) is 4.79 Å². The van der Waals surface area contributed by atoms with Crippen molar-refractivity contribution >= 4 is 5.91 Å². The van der Waals surface area contributed by atoms with Gasteiger partial charge in [0.2, 0.25) is 5.91 Å². The smallest absolute Gasteiger partial charge is 0.239 e. The van der Waals surface area contributed by atoms with Gasteiger partial charge >= 0.3 is 0 Å². The van der Waals surface area contributed by atoms with Crippen LogP contribution >= 0.6 is 0 Å². The molecular weight excluding hydrogens is 216 g/mol. The Morgan fingerprint density at radius 1 is 1.41 bits per heavy atom. The van der Waals surface area contributed by atoms with Gasteiger partial charge in [-0.05, 0) is 26.8 Å². The first kappa shape index (κ1) is 13.5. The molecule has 1 amide bonds. The molecule has 0 aliphatic carbocycles. The minimum atomic E-state index is -0.516. The van der Waals surface area contributed by atoms with Gasteiger partial charge in [-0.1, -0.05) is 18.2 Å². The second-order valence-electron chi connectivity index (χ2n) is 4.13. The molecule has 1 rings (SSSR count). The number of para-hydroxylation sites is 1. The number of carbonyl (C=O) groups is 1. The topological polar surface area (TPSA) is 64.3 Å². The molecule has 0 aromatic heterocycles. The van der Waals surface area contributed by atoms with E-state index in [-0.39, 0.29) is 6.04 Å². The number of amides is 1. The zero-order valence-electron chi connectivity index (χ0n) is 10.6. The second kappa shape index (κ2) is 6.25. The molecule has 0 saturated carbocycles. The first-order chi connectivity index (χ1) is 8.06. The fraction of sp³-hybridized carbons (Fsp3) is 0.462. The van der Waals surface area contributed by atoms with Crippen molar-refractivity contribution in [2.75, 3.05) is 6.61 Å². The van der Waals surface area contributed by atoms with Gasteiger partial charge in [0.05, 0.1) is 6.61 Å². The van der Waals surface area contributed by atoms with Gasteiger partial charge in [-0.15, -0.1) is 0 Å². The van der Waals surface area contributed by atoms with Gasteiger partial charge in [-0.2, -0.15) is 0 Å². The largest absolute Gasteiger partial charge is 0.494 e. The van der Waals surface area contributed by atoms with Gasteiger partial charge in [0.25, 0.3) is 0 Å². The van der Waals surface area contributed by atoms with E-state index in [2.05, 4.69) is 5.32 Å². The van der Waals surface area contributed by atoms with Crippen molar-refractivity contribution in [2.24, 2.45) is 5.73 Å². The summed E-state index contributed by atoms with van der Waals surface area (Å²) in [5, 5.41) is 3.14. The third kappa shape index (κ3) is 3.75. The van der Waals surface area contributed by atoms with Crippen LogP contribution in [-0.2, 0) is 4.79 Å². The Kier molecular flexibility index (Phi) is 4.97. The average Bonchev–Trinajstić information content (AvgIpc) is 2.27. The molecule has 1 aromatic rings. The molecule has 4 heteroatoms. The number of rotatable bonds is 6. The maximum absolute atomic E-state index is 11.5. The number of nitrogens with two attached hydrogens (primary N) is 1. The van der Waals surface area contributed by atoms with Gasteiger partial charge in [0.1, 0.15) is 11.8 Å². The lowest BCUT2D eigenvalue weighted by Crippen LogP contribution is -2.37. The van der Waals surface area contributed by atoms with Crippen LogP contribution in [0.25, 0.3) is 0 Å². The predicted molar refractivity (Wildman–Crippen MR) is 67.8 cm³/mol. The molecule has 0 aliphatic rings. The van der Waals surface area contributed by atoms with Crippen molar-refractivity contribution in [3.63, 3.8) is 0 Å². The van der Waals surface area contributed by atoms with Crippen molar-refractivity contribution in [3.8, 4) is 5.75 Å². The van der Waals surface area contributed by atoms with Crippen molar-refractivity contribution in [3.05, 3.63) is 29.8 Å². The number of primary amides is 1. The molecule has 94 valence electrons. The fourth-order valence-electron chi connectivity index (χ4n) is 1.66. The standard InChI is InChI=1S/C13H20N2O2/c1-4-17-11-8-6-5-7-10(11)12(13(14)16)15-9(2)3/h5-9,12,15H,4H2,1-3H3,(H2,14,16).